The van der Waals surface area contributed by atoms with Crippen LogP contribution in [-0.2, 0) is 16.1 Å². The van der Waals surface area contributed by atoms with Crippen molar-refractivity contribution in [3.8, 4) is 0 Å². The highest BCUT2D eigenvalue weighted by Gasteiger charge is 2.45. The molecule has 0 spiro atoms. The van der Waals surface area contributed by atoms with Crippen molar-refractivity contribution in [3.63, 3.8) is 0 Å². The summed E-state index contributed by atoms with van der Waals surface area (Å²) >= 11 is 0. The van der Waals surface area contributed by atoms with Crippen molar-refractivity contribution in [2.24, 2.45) is 0 Å². The molecule has 0 radical (unpaired) electrons. The van der Waals surface area contributed by atoms with E-state index in [0.29, 0.717) is 6.61 Å². The zero-order valence-electron chi connectivity index (χ0n) is 15.8. The van der Waals surface area contributed by atoms with E-state index in [0.717, 1.165) is 12.1 Å². The van der Waals surface area contributed by atoms with Crippen LogP contribution in [0, 0.1) is 0 Å². The summed E-state index contributed by atoms with van der Waals surface area (Å²) < 4.78 is 7.59. The molecule has 3 heteroatoms. The molecule has 1 aliphatic rings. The van der Waals surface area contributed by atoms with Gasteiger partial charge in [0.05, 0.1) is 6.61 Å². The Labute approximate surface area is 163 Å². The summed E-state index contributed by atoms with van der Waals surface area (Å²) in [6, 6.07) is 25.4. The van der Waals surface area contributed by atoms with Crippen LogP contribution in [0.2, 0.25) is 0 Å². The molecule has 0 unspecified atom stereocenters. The second-order valence-electron chi connectivity index (χ2n) is 7.58. The number of ether oxygens (including phenoxy) is 1. The van der Waals surface area contributed by atoms with Crippen molar-refractivity contribution in [1.82, 2.24) is 4.57 Å². The predicted octanol–water partition coefficient (Wildman–Crippen LogP) is 5.21. The van der Waals surface area contributed by atoms with Gasteiger partial charge in [0.2, 0.25) is 0 Å². The van der Waals surface area contributed by atoms with Crippen LogP contribution < -0.4 is 0 Å². The Balaban J connectivity index is 1.59. The molecule has 1 aliphatic heterocycles. The van der Waals surface area contributed by atoms with Crippen LogP contribution in [0.4, 0.5) is 0 Å². The molecule has 138 valence electrons. The molecule has 0 saturated carbocycles. The SMILES string of the molecule is C[C@@]1(C(=O)/C=C/c2ccc3c(c2)c2ccccc2n3Cc2ccccc2)CO1. The van der Waals surface area contributed by atoms with Gasteiger partial charge in [-0.05, 0) is 42.3 Å². The van der Waals surface area contributed by atoms with E-state index < -0.39 is 5.60 Å². The summed E-state index contributed by atoms with van der Waals surface area (Å²) in [6.45, 7) is 3.18. The Kier molecular flexibility index (Phi) is 3.92. The first-order valence-corrected chi connectivity index (χ1v) is 9.55. The quantitative estimate of drug-likeness (QED) is 0.358. The van der Waals surface area contributed by atoms with E-state index in [1.165, 1.54) is 27.4 Å². The number of hydrogen-bond acceptors (Lipinski definition) is 2. The van der Waals surface area contributed by atoms with Crippen molar-refractivity contribution < 1.29 is 9.53 Å². The number of carbonyl (C=O) groups excluding carboxylic acids is 1. The number of nitrogens with zero attached hydrogens (tertiary/aromatic N) is 1. The van der Waals surface area contributed by atoms with E-state index in [4.69, 9.17) is 4.74 Å². The van der Waals surface area contributed by atoms with Gasteiger partial charge in [0.1, 0.15) is 0 Å². The van der Waals surface area contributed by atoms with Gasteiger partial charge in [0, 0.05) is 28.4 Å². The number of epoxide rings is 1. The summed E-state index contributed by atoms with van der Waals surface area (Å²) in [5, 5.41) is 2.43. The van der Waals surface area contributed by atoms with Crippen LogP contribution in [0.5, 0.6) is 0 Å². The molecule has 28 heavy (non-hydrogen) atoms. The van der Waals surface area contributed by atoms with Crippen LogP contribution >= 0.6 is 0 Å². The minimum atomic E-state index is -0.605. The van der Waals surface area contributed by atoms with Gasteiger partial charge in [0.25, 0.3) is 0 Å². The number of benzene rings is 3. The highest BCUT2D eigenvalue weighted by atomic mass is 16.6. The second-order valence-corrected chi connectivity index (χ2v) is 7.58. The summed E-state index contributed by atoms with van der Waals surface area (Å²) in [4.78, 5) is 12.2. The smallest absolute Gasteiger partial charge is 0.189 e. The van der Waals surface area contributed by atoms with E-state index in [2.05, 4.69) is 71.3 Å². The number of ketones is 1. The maximum atomic E-state index is 12.2. The van der Waals surface area contributed by atoms with Crippen LogP contribution in [0.25, 0.3) is 27.9 Å². The molecule has 3 aromatic carbocycles. The molecule has 0 aliphatic carbocycles. The average molecular weight is 367 g/mol. The lowest BCUT2D eigenvalue weighted by atomic mass is 10.1. The molecule has 4 aromatic rings. The summed E-state index contributed by atoms with van der Waals surface area (Å²) in [5.74, 6) is 0.0269. The molecule has 5 rings (SSSR count). The van der Waals surface area contributed by atoms with Gasteiger partial charge < -0.3 is 9.30 Å². The zero-order valence-corrected chi connectivity index (χ0v) is 15.8. The third-order valence-corrected chi connectivity index (χ3v) is 5.51. The minimum Gasteiger partial charge on any atom is -0.361 e. The first kappa shape index (κ1) is 17.0. The van der Waals surface area contributed by atoms with Gasteiger partial charge in [-0.15, -0.1) is 0 Å². The number of carbonyl (C=O) groups is 1. The molecule has 1 fully saturated rings. The molecule has 0 amide bonds. The van der Waals surface area contributed by atoms with Crippen molar-refractivity contribution in [2.45, 2.75) is 19.1 Å². The van der Waals surface area contributed by atoms with E-state index in [9.17, 15) is 4.79 Å². The van der Waals surface area contributed by atoms with Crippen LogP contribution in [0.1, 0.15) is 18.1 Å². The first-order valence-electron chi connectivity index (χ1n) is 9.55. The fraction of sp³-hybridized carbons (Fsp3) is 0.160. The van der Waals surface area contributed by atoms with Gasteiger partial charge >= 0.3 is 0 Å². The third kappa shape index (κ3) is 2.94. The monoisotopic (exact) mass is 367 g/mol. The van der Waals surface area contributed by atoms with E-state index >= 15 is 0 Å². The highest BCUT2D eigenvalue weighted by molar-refractivity contribution is 6.09. The predicted molar refractivity (Wildman–Crippen MR) is 113 cm³/mol. The van der Waals surface area contributed by atoms with Crippen molar-refractivity contribution >= 4 is 33.7 Å². The second kappa shape index (κ2) is 6.47. The van der Waals surface area contributed by atoms with Gasteiger partial charge in [-0.1, -0.05) is 60.7 Å². The molecule has 1 atom stereocenters. The molecular weight excluding hydrogens is 346 g/mol. The van der Waals surface area contributed by atoms with E-state index in [1.54, 1.807) is 6.08 Å². The zero-order chi connectivity index (χ0) is 19.1. The summed E-state index contributed by atoms with van der Waals surface area (Å²) in [5.41, 5.74) is 4.11. The van der Waals surface area contributed by atoms with Gasteiger partial charge in [-0.2, -0.15) is 0 Å². The number of rotatable bonds is 5. The maximum Gasteiger partial charge on any atom is 0.189 e. The average Bonchev–Trinajstić information content (AvgIpc) is 3.42. The van der Waals surface area contributed by atoms with Crippen molar-refractivity contribution in [3.05, 3.63) is 90.0 Å². The molecule has 1 saturated heterocycles. The molecule has 0 bridgehead atoms. The highest BCUT2D eigenvalue weighted by Crippen LogP contribution is 2.31. The first-order chi connectivity index (χ1) is 13.6. The normalized spacial score (nSPS) is 18.9. The molecule has 0 N–H and O–H groups in total. The van der Waals surface area contributed by atoms with Crippen LogP contribution in [0.15, 0.2) is 78.9 Å². The molecule has 2 heterocycles. The topological polar surface area (TPSA) is 34.5 Å². The Bertz CT molecular complexity index is 1210. The largest absolute Gasteiger partial charge is 0.361 e. The minimum absolute atomic E-state index is 0.0269. The van der Waals surface area contributed by atoms with E-state index in [1.807, 2.05) is 19.1 Å². The number of para-hydroxylation sites is 1. The maximum absolute atomic E-state index is 12.2. The van der Waals surface area contributed by atoms with E-state index in [-0.39, 0.29) is 5.78 Å². The molecule has 3 nitrogen and oxygen atoms in total. The van der Waals surface area contributed by atoms with Gasteiger partial charge in [0.15, 0.2) is 11.4 Å². The fourth-order valence-corrected chi connectivity index (χ4v) is 3.71. The molecule has 1 aromatic heterocycles. The summed E-state index contributed by atoms with van der Waals surface area (Å²) in [7, 11) is 0. The Morgan fingerprint density at radius 2 is 1.71 bits per heavy atom. The molecular formula is C25H21NO2. The van der Waals surface area contributed by atoms with Crippen LogP contribution in [-0.4, -0.2) is 22.6 Å². The fourth-order valence-electron chi connectivity index (χ4n) is 3.71. The number of aromatic nitrogens is 1. The lowest BCUT2D eigenvalue weighted by Crippen LogP contribution is -2.17. The lowest BCUT2D eigenvalue weighted by Gasteiger charge is -2.08. The lowest BCUT2D eigenvalue weighted by molar-refractivity contribution is -0.118. The number of hydrogen-bond donors (Lipinski definition) is 0. The van der Waals surface area contributed by atoms with Crippen LogP contribution in [0.3, 0.4) is 0 Å². The number of fused-ring (bicyclic) bond motifs is 3. The third-order valence-electron chi connectivity index (χ3n) is 5.51. The van der Waals surface area contributed by atoms with Gasteiger partial charge in [-0.25, -0.2) is 0 Å². The Morgan fingerprint density at radius 3 is 2.50 bits per heavy atom. The Morgan fingerprint density at radius 1 is 1.00 bits per heavy atom. The Hall–Kier alpha value is -3.17. The summed E-state index contributed by atoms with van der Waals surface area (Å²) in [6.07, 6.45) is 3.52. The standard InChI is InChI=1S/C25H21NO2/c1-25(17-28-25)24(27)14-12-18-11-13-23-21(15-18)20-9-5-6-10-22(20)26(23)16-19-7-3-2-4-8-19/h2-15H,16-17H2,1H3/b14-12+/t25-/m0/s1. The van der Waals surface area contributed by atoms with Crippen molar-refractivity contribution in [2.75, 3.05) is 6.61 Å². The van der Waals surface area contributed by atoms with Gasteiger partial charge in [-0.3, -0.25) is 4.79 Å². The van der Waals surface area contributed by atoms with Crippen molar-refractivity contribution in [1.29, 1.82) is 0 Å².